The highest BCUT2D eigenvalue weighted by molar-refractivity contribution is 7.17. The Morgan fingerprint density at radius 2 is 2.24 bits per heavy atom. The second kappa shape index (κ2) is 5.19. The molecule has 0 amide bonds. The molecule has 4 nitrogen and oxygen atoms in total. The maximum Gasteiger partial charge on any atom is 0.194 e. The van der Waals surface area contributed by atoms with Gasteiger partial charge in [0, 0.05) is 11.1 Å². The standard InChI is InChI=1S/C15H13FN4S/c1-9-8-20-14(10(2)19-15(20)21-9)7-18-13-5-3-4-12(16)11(13)6-17/h3-5,8,18H,7H2,1-2H3. The van der Waals surface area contributed by atoms with Gasteiger partial charge in [-0.25, -0.2) is 9.37 Å². The SMILES string of the molecule is Cc1cn2c(CNc3cccc(F)c3C#N)c(C)nc2s1. The van der Waals surface area contributed by atoms with Gasteiger partial charge in [0.15, 0.2) is 4.96 Å². The third-order valence-electron chi connectivity index (χ3n) is 3.31. The molecule has 0 bridgehead atoms. The maximum atomic E-state index is 13.6. The van der Waals surface area contributed by atoms with Crippen LogP contribution in [-0.2, 0) is 6.54 Å². The van der Waals surface area contributed by atoms with Crippen molar-refractivity contribution < 1.29 is 4.39 Å². The normalized spacial score (nSPS) is 10.8. The largest absolute Gasteiger partial charge is 0.378 e. The van der Waals surface area contributed by atoms with Gasteiger partial charge in [-0.15, -0.1) is 11.3 Å². The van der Waals surface area contributed by atoms with Crippen LogP contribution in [0.2, 0.25) is 0 Å². The van der Waals surface area contributed by atoms with E-state index in [1.165, 1.54) is 10.9 Å². The molecule has 1 N–H and O–H groups in total. The molecular weight excluding hydrogens is 287 g/mol. The molecule has 21 heavy (non-hydrogen) atoms. The fourth-order valence-electron chi connectivity index (χ4n) is 2.29. The van der Waals surface area contributed by atoms with E-state index in [1.54, 1.807) is 23.5 Å². The second-order valence-electron chi connectivity index (χ2n) is 4.77. The van der Waals surface area contributed by atoms with E-state index in [0.29, 0.717) is 12.2 Å². The maximum absolute atomic E-state index is 13.6. The smallest absolute Gasteiger partial charge is 0.194 e. The number of aromatic nitrogens is 2. The van der Waals surface area contributed by atoms with E-state index >= 15 is 0 Å². The molecule has 0 spiro atoms. The van der Waals surface area contributed by atoms with Crippen LogP contribution in [0.25, 0.3) is 4.96 Å². The van der Waals surface area contributed by atoms with Crippen molar-refractivity contribution in [1.29, 1.82) is 5.26 Å². The first kappa shape index (κ1) is 13.6. The van der Waals surface area contributed by atoms with Crippen molar-refractivity contribution in [3.8, 4) is 6.07 Å². The summed E-state index contributed by atoms with van der Waals surface area (Å²) in [6.07, 6.45) is 2.04. The van der Waals surface area contributed by atoms with Gasteiger partial charge in [-0.3, -0.25) is 4.40 Å². The Morgan fingerprint density at radius 1 is 1.43 bits per heavy atom. The fraction of sp³-hybridized carbons (Fsp3) is 0.200. The molecule has 3 aromatic rings. The highest BCUT2D eigenvalue weighted by Gasteiger charge is 2.12. The Labute approximate surface area is 125 Å². The molecule has 0 fully saturated rings. The number of rotatable bonds is 3. The minimum Gasteiger partial charge on any atom is -0.378 e. The van der Waals surface area contributed by atoms with E-state index in [9.17, 15) is 4.39 Å². The highest BCUT2D eigenvalue weighted by Crippen LogP contribution is 2.23. The summed E-state index contributed by atoms with van der Waals surface area (Å²) in [6, 6.07) is 6.47. The van der Waals surface area contributed by atoms with Crippen LogP contribution in [0.5, 0.6) is 0 Å². The van der Waals surface area contributed by atoms with Crippen molar-refractivity contribution >= 4 is 22.0 Å². The molecule has 0 aliphatic heterocycles. The molecule has 0 radical (unpaired) electrons. The topological polar surface area (TPSA) is 53.1 Å². The predicted molar refractivity (Wildman–Crippen MR) is 81.0 cm³/mol. The first-order valence-electron chi connectivity index (χ1n) is 6.46. The summed E-state index contributed by atoms with van der Waals surface area (Å²) in [5.41, 5.74) is 2.49. The van der Waals surface area contributed by atoms with Gasteiger partial charge in [0.1, 0.15) is 17.4 Å². The summed E-state index contributed by atoms with van der Waals surface area (Å²) >= 11 is 1.63. The van der Waals surface area contributed by atoms with Crippen molar-refractivity contribution in [3.63, 3.8) is 0 Å². The summed E-state index contributed by atoms with van der Waals surface area (Å²) < 4.78 is 15.6. The van der Waals surface area contributed by atoms with Crippen LogP contribution >= 0.6 is 11.3 Å². The minimum atomic E-state index is -0.510. The molecule has 0 atom stereocenters. The van der Waals surface area contributed by atoms with Crippen LogP contribution in [0.15, 0.2) is 24.4 Å². The van der Waals surface area contributed by atoms with Crippen molar-refractivity contribution in [2.24, 2.45) is 0 Å². The van der Waals surface area contributed by atoms with E-state index in [-0.39, 0.29) is 5.56 Å². The Kier molecular flexibility index (Phi) is 3.35. The van der Waals surface area contributed by atoms with Crippen LogP contribution in [0.4, 0.5) is 10.1 Å². The van der Waals surface area contributed by atoms with Crippen LogP contribution in [0.3, 0.4) is 0 Å². The van der Waals surface area contributed by atoms with Crippen LogP contribution < -0.4 is 5.32 Å². The number of aryl methyl sites for hydroxylation is 2. The van der Waals surface area contributed by atoms with Gasteiger partial charge >= 0.3 is 0 Å². The quantitative estimate of drug-likeness (QED) is 0.803. The summed E-state index contributed by atoms with van der Waals surface area (Å²) in [7, 11) is 0. The average molecular weight is 300 g/mol. The monoisotopic (exact) mass is 300 g/mol. The molecular formula is C15H13FN4S. The van der Waals surface area contributed by atoms with Crippen molar-refractivity contribution in [2.45, 2.75) is 20.4 Å². The second-order valence-corrected chi connectivity index (χ2v) is 5.98. The molecule has 2 heterocycles. The van der Waals surface area contributed by atoms with E-state index in [4.69, 9.17) is 5.26 Å². The highest BCUT2D eigenvalue weighted by atomic mass is 32.1. The molecule has 0 aliphatic carbocycles. The third kappa shape index (κ3) is 2.36. The Hall–Kier alpha value is -2.39. The van der Waals surface area contributed by atoms with Crippen molar-refractivity contribution in [3.05, 3.63) is 52.0 Å². The summed E-state index contributed by atoms with van der Waals surface area (Å²) in [6.45, 7) is 4.47. The van der Waals surface area contributed by atoms with Gasteiger partial charge in [-0.1, -0.05) is 6.07 Å². The van der Waals surface area contributed by atoms with E-state index in [0.717, 1.165) is 16.3 Å². The van der Waals surface area contributed by atoms with Gasteiger partial charge in [0.2, 0.25) is 0 Å². The Morgan fingerprint density at radius 3 is 3.00 bits per heavy atom. The van der Waals surface area contributed by atoms with Crippen LogP contribution in [0, 0.1) is 31.0 Å². The number of benzene rings is 1. The third-order valence-corrected chi connectivity index (χ3v) is 4.21. The number of fused-ring (bicyclic) bond motifs is 1. The molecule has 1 aromatic carbocycles. The van der Waals surface area contributed by atoms with Crippen LogP contribution in [0.1, 0.15) is 21.8 Å². The van der Waals surface area contributed by atoms with E-state index in [2.05, 4.69) is 10.3 Å². The molecule has 6 heteroatoms. The number of nitrogens with zero attached hydrogens (tertiary/aromatic N) is 3. The number of halogens is 1. The first-order valence-corrected chi connectivity index (χ1v) is 7.28. The molecule has 0 unspecified atom stereocenters. The van der Waals surface area contributed by atoms with Gasteiger partial charge in [0.05, 0.1) is 23.6 Å². The Balaban J connectivity index is 1.92. The lowest BCUT2D eigenvalue weighted by Gasteiger charge is -2.08. The van der Waals surface area contributed by atoms with Crippen molar-refractivity contribution in [2.75, 3.05) is 5.32 Å². The zero-order valence-electron chi connectivity index (χ0n) is 11.6. The lowest BCUT2D eigenvalue weighted by molar-refractivity contribution is 0.624. The van der Waals surface area contributed by atoms with Gasteiger partial charge < -0.3 is 5.32 Å². The number of thiazole rings is 1. The summed E-state index contributed by atoms with van der Waals surface area (Å²) in [5, 5.41) is 12.2. The molecule has 0 saturated carbocycles. The summed E-state index contributed by atoms with van der Waals surface area (Å²) in [4.78, 5) is 6.64. The number of hydrogen-bond acceptors (Lipinski definition) is 4. The average Bonchev–Trinajstić information content (AvgIpc) is 2.92. The molecule has 0 saturated heterocycles. The number of anilines is 1. The molecule has 3 rings (SSSR count). The molecule has 2 aromatic heterocycles. The lowest BCUT2D eigenvalue weighted by Crippen LogP contribution is -2.05. The lowest BCUT2D eigenvalue weighted by atomic mass is 10.2. The van der Waals surface area contributed by atoms with E-state index in [1.807, 2.05) is 30.5 Å². The Bertz CT molecular complexity index is 857. The number of imidazole rings is 1. The zero-order valence-corrected chi connectivity index (χ0v) is 12.5. The number of nitrogens with one attached hydrogen (secondary N) is 1. The van der Waals surface area contributed by atoms with Crippen molar-refractivity contribution in [1.82, 2.24) is 9.38 Å². The fourth-order valence-corrected chi connectivity index (χ4v) is 3.18. The number of nitriles is 1. The number of hydrogen-bond donors (Lipinski definition) is 1. The summed E-state index contributed by atoms with van der Waals surface area (Å²) in [5.74, 6) is -0.510. The van der Waals surface area contributed by atoms with Gasteiger partial charge in [-0.05, 0) is 26.0 Å². The van der Waals surface area contributed by atoms with Crippen LogP contribution in [-0.4, -0.2) is 9.38 Å². The molecule has 0 aliphatic rings. The predicted octanol–water partition coefficient (Wildman–Crippen LogP) is 3.64. The molecule has 106 valence electrons. The van der Waals surface area contributed by atoms with Gasteiger partial charge in [0.25, 0.3) is 0 Å². The minimum absolute atomic E-state index is 0.0393. The first-order chi connectivity index (χ1) is 10.1. The zero-order chi connectivity index (χ0) is 15.0. The van der Waals surface area contributed by atoms with Gasteiger partial charge in [-0.2, -0.15) is 5.26 Å². The van der Waals surface area contributed by atoms with E-state index < -0.39 is 5.82 Å².